The second-order valence-corrected chi connectivity index (χ2v) is 8.12. The van der Waals surface area contributed by atoms with Gasteiger partial charge in [-0.05, 0) is 60.9 Å². The third kappa shape index (κ3) is 4.15. The summed E-state index contributed by atoms with van der Waals surface area (Å²) in [7, 11) is 0. The Labute approximate surface area is 192 Å². The monoisotopic (exact) mass is 436 g/mol. The van der Waals surface area contributed by atoms with Crippen molar-refractivity contribution in [2.75, 3.05) is 16.8 Å². The molecule has 0 radical (unpaired) electrons. The van der Waals surface area contributed by atoms with Crippen molar-refractivity contribution >= 4 is 23.2 Å². The van der Waals surface area contributed by atoms with Crippen molar-refractivity contribution in [2.45, 2.75) is 19.8 Å². The molecule has 0 saturated heterocycles. The normalized spacial score (nSPS) is 12.8. The smallest absolute Gasteiger partial charge is 0.255 e. The fourth-order valence-electron chi connectivity index (χ4n) is 4.32. The number of benzene rings is 3. The predicted octanol–water partition coefficient (Wildman–Crippen LogP) is 5.09. The number of aromatic nitrogens is 2. The molecular formula is C27H24N4O2. The molecule has 6 heteroatoms. The Morgan fingerprint density at radius 2 is 1.79 bits per heavy atom. The lowest BCUT2D eigenvalue weighted by atomic mass is 10.0. The van der Waals surface area contributed by atoms with Crippen LogP contribution in [-0.2, 0) is 11.2 Å². The van der Waals surface area contributed by atoms with E-state index in [2.05, 4.69) is 10.4 Å². The number of rotatable bonds is 4. The number of fused-ring (bicyclic) bond motifs is 1. The maximum absolute atomic E-state index is 13.0. The van der Waals surface area contributed by atoms with E-state index in [9.17, 15) is 9.59 Å². The van der Waals surface area contributed by atoms with Gasteiger partial charge >= 0.3 is 0 Å². The van der Waals surface area contributed by atoms with E-state index >= 15 is 0 Å². The second-order valence-electron chi connectivity index (χ2n) is 8.12. The van der Waals surface area contributed by atoms with Gasteiger partial charge < -0.3 is 10.2 Å². The minimum Gasteiger partial charge on any atom is -0.322 e. The molecule has 2 amide bonds. The number of carbonyl (C=O) groups is 2. The molecule has 6 nitrogen and oxygen atoms in total. The molecule has 1 aliphatic rings. The molecule has 0 bridgehead atoms. The predicted molar refractivity (Wildman–Crippen MR) is 130 cm³/mol. The minimum atomic E-state index is -0.190. The van der Waals surface area contributed by atoms with Crippen molar-refractivity contribution in [3.05, 3.63) is 96.2 Å². The summed E-state index contributed by atoms with van der Waals surface area (Å²) >= 11 is 0. The van der Waals surface area contributed by atoms with Crippen molar-refractivity contribution in [3.63, 3.8) is 0 Å². The third-order valence-electron chi connectivity index (χ3n) is 5.90. The fourth-order valence-corrected chi connectivity index (χ4v) is 4.32. The summed E-state index contributed by atoms with van der Waals surface area (Å²) in [6, 6.07) is 25.1. The van der Waals surface area contributed by atoms with Crippen LogP contribution in [0.1, 0.15) is 29.3 Å². The highest BCUT2D eigenvalue weighted by atomic mass is 16.2. The zero-order valence-corrected chi connectivity index (χ0v) is 18.4. The minimum absolute atomic E-state index is 0.0399. The van der Waals surface area contributed by atoms with Crippen LogP contribution in [0.15, 0.2) is 85.1 Å². The van der Waals surface area contributed by atoms with Crippen LogP contribution in [0, 0.1) is 0 Å². The van der Waals surface area contributed by atoms with Gasteiger partial charge in [0, 0.05) is 36.0 Å². The molecule has 2 heterocycles. The highest BCUT2D eigenvalue weighted by Crippen LogP contribution is 2.30. The van der Waals surface area contributed by atoms with Gasteiger partial charge in [-0.3, -0.25) is 9.59 Å². The van der Waals surface area contributed by atoms with Crippen LogP contribution in [0.3, 0.4) is 0 Å². The molecule has 0 aliphatic carbocycles. The number of hydrogen-bond donors (Lipinski definition) is 1. The first kappa shape index (κ1) is 20.7. The zero-order chi connectivity index (χ0) is 22.8. The number of anilines is 2. The molecule has 5 rings (SSSR count). The van der Waals surface area contributed by atoms with Crippen LogP contribution < -0.4 is 10.2 Å². The van der Waals surface area contributed by atoms with E-state index in [0.29, 0.717) is 5.56 Å². The molecule has 0 atom stereocenters. The zero-order valence-electron chi connectivity index (χ0n) is 18.4. The van der Waals surface area contributed by atoms with E-state index in [0.717, 1.165) is 53.3 Å². The van der Waals surface area contributed by atoms with Gasteiger partial charge in [-0.25, -0.2) is 4.68 Å². The van der Waals surface area contributed by atoms with Crippen LogP contribution >= 0.6 is 0 Å². The number of hydrogen-bond acceptors (Lipinski definition) is 3. The molecule has 0 spiro atoms. The van der Waals surface area contributed by atoms with E-state index in [1.165, 1.54) is 0 Å². The van der Waals surface area contributed by atoms with Crippen LogP contribution in [0.4, 0.5) is 11.4 Å². The number of nitrogens with one attached hydrogen (secondary N) is 1. The molecule has 4 aromatic rings. The van der Waals surface area contributed by atoms with Crippen LogP contribution in [0.25, 0.3) is 16.9 Å². The molecule has 33 heavy (non-hydrogen) atoms. The maximum Gasteiger partial charge on any atom is 0.255 e. The van der Waals surface area contributed by atoms with Crippen molar-refractivity contribution < 1.29 is 9.59 Å². The van der Waals surface area contributed by atoms with Crippen LogP contribution in [0.2, 0.25) is 0 Å². The average Bonchev–Trinajstić information content (AvgIpc) is 3.34. The molecule has 0 saturated carbocycles. The number of nitrogens with zero attached hydrogens (tertiary/aromatic N) is 3. The third-order valence-corrected chi connectivity index (χ3v) is 5.90. The molecule has 1 aromatic heterocycles. The lowest BCUT2D eigenvalue weighted by molar-refractivity contribution is -0.116. The summed E-state index contributed by atoms with van der Waals surface area (Å²) in [5.41, 5.74) is 6.10. The molecule has 1 N–H and O–H groups in total. The van der Waals surface area contributed by atoms with Gasteiger partial charge in [0.15, 0.2) is 0 Å². The van der Waals surface area contributed by atoms with Crippen molar-refractivity contribution in [3.8, 4) is 16.9 Å². The lowest BCUT2D eigenvalue weighted by Gasteiger charge is -2.29. The first-order chi connectivity index (χ1) is 16.1. The molecule has 0 unspecified atom stereocenters. The van der Waals surface area contributed by atoms with E-state index in [1.807, 2.05) is 77.5 Å². The molecule has 0 fully saturated rings. The number of amides is 2. The molecule has 3 aromatic carbocycles. The Kier molecular flexibility index (Phi) is 5.48. The Morgan fingerprint density at radius 1 is 0.939 bits per heavy atom. The van der Waals surface area contributed by atoms with Crippen molar-refractivity contribution in [1.82, 2.24) is 9.78 Å². The summed E-state index contributed by atoms with van der Waals surface area (Å²) < 4.78 is 1.83. The van der Waals surface area contributed by atoms with Gasteiger partial charge in [-0.1, -0.05) is 36.4 Å². The standard InChI is InChI=1S/C27H24N4O2/c1-19(32)30-16-6-10-21-17-23(12-13-25(21)30)29-27(33)22-9-5-11-24(18-22)31-26(14-15-28-31)20-7-3-2-4-8-20/h2-5,7-9,11-15,17-18H,6,10,16H2,1H3,(H,29,33). The Balaban J connectivity index is 1.39. The topological polar surface area (TPSA) is 67.2 Å². The van der Waals surface area contributed by atoms with Crippen LogP contribution in [0.5, 0.6) is 0 Å². The molecule has 1 aliphatic heterocycles. The average molecular weight is 437 g/mol. The highest BCUT2D eigenvalue weighted by molar-refractivity contribution is 6.05. The number of aryl methyl sites for hydroxylation is 1. The Morgan fingerprint density at radius 3 is 2.61 bits per heavy atom. The van der Waals surface area contributed by atoms with E-state index < -0.39 is 0 Å². The van der Waals surface area contributed by atoms with Gasteiger partial charge in [-0.15, -0.1) is 0 Å². The summed E-state index contributed by atoms with van der Waals surface area (Å²) in [4.78, 5) is 26.7. The largest absolute Gasteiger partial charge is 0.322 e. The van der Waals surface area contributed by atoms with Gasteiger partial charge in [0.1, 0.15) is 0 Å². The molecular weight excluding hydrogens is 412 g/mol. The quantitative estimate of drug-likeness (QED) is 0.485. The van der Waals surface area contributed by atoms with Crippen molar-refractivity contribution in [1.29, 1.82) is 0 Å². The Hall–Kier alpha value is -4.19. The van der Waals surface area contributed by atoms with Crippen molar-refractivity contribution in [2.24, 2.45) is 0 Å². The number of carbonyl (C=O) groups excluding carboxylic acids is 2. The SMILES string of the molecule is CC(=O)N1CCCc2cc(NC(=O)c3cccc(-n4nccc4-c4ccccc4)c3)ccc21. The summed E-state index contributed by atoms with van der Waals surface area (Å²) in [5, 5.41) is 7.47. The first-order valence-corrected chi connectivity index (χ1v) is 11.0. The summed E-state index contributed by atoms with van der Waals surface area (Å²) in [5.74, 6) is -0.150. The van der Waals surface area contributed by atoms with Crippen LogP contribution in [-0.4, -0.2) is 28.1 Å². The second kappa shape index (κ2) is 8.74. The van der Waals surface area contributed by atoms with Gasteiger partial charge in [0.05, 0.1) is 17.6 Å². The Bertz CT molecular complexity index is 1330. The lowest BCUT2D eigenvalue weighted by Crippen LogP contribution is -2.33. The fraction of sp³-hybridized carbons (Fsp3) is 0.148. The first-order valence-electron chi connectivity index (χ1n) is 11.0. The van der Waals surface area contributed by atoms with E-state index in [1.54, 1.807) is 24.1 Å². The summed E-state index contributed by atoms with van der Waals surface area (Å²) in [6.07, 6.45) is 3.56. The van der Waals surface area contributed by atoms with Gasteiger partial charge in [-0.2, -0.15) is 5.10 Å². The summed E-state index contributed by atoms with van der Waals surface area (Å²) in [6.45, 7) is 2.32. The van der Waals surface area contributed by atoms with E-state index in [4.69, 9.17) is 0 Å². The van der Waals surface area contributed by atoms with Gasteiger partial charge in [0.2, 0.25) is 5.91 Å². The van der Waals surface area contributed by atoms with E-state index in [-0.39, 0.29) is 11.8 Å². The highest BCUT2D eigenvalue weighted by Gasteiger charge is 2.20. The van der Waals surface area contributed by atoms with Gasteiger partial charge in [0.25, 0.3) is 5.91 Å². The maximum atomic E-state index is 13.0. The molecule has 164 valence electrons.